The van der Waals surface area contributed by atoms with Crippen LogP contribution in [0.2, 0.25) is 5.02 Å². The zero-order valence-corrected chi connectivity index (χ0v) is 25.0. The molecule has 3 aromatic carbocycles. The van der Waals surface area contributed by atoms with E-state index in [1.165, 1.54) is 36.3 Å². The Hall–Kier alpha value is -3.56. The molecule has 3 rings (SSSR count). The molecule has 40 heavy (non-hydrogen) atoms. The Labute approximate surface area is 241 Å². The first-order valence-corrected chi connectivity index (χ1v) is 14.9. The Kier molecular flexibility index (Phi) is 10.6. The van der Waals surface area contributed by atoms with Gasteiger partial charge < -0.3 is 15.0 Å². The number of amides is 2. The first-order chi connectivity index (χ1) is 19.0. The predicted molar refractivity (Wildman–Crippen MR) is 158 cm³/mol. The fraction of sp³-hybridized carbons (Fsp3) is 0.333. The highest BCUT2D eigenvalue weighted by atomic mass is 35.5. The van der Waals surface area contributed by atoms with Crippen molar-refractivity contribution in [3.8, 4) is 5.75 Å². The van der Waals surface area contributed by atoms with Crippen LogP contribution >= 0.6 is 11.6 Å². The molecule has 0 aliphatic heterocycles. The highest BCUT2D eigenvalue weighted by molar-refractivity contribution is 7.92. The highest BCUT2D eigenvalue weighted by Gasteiger charge is 2.33. The van der Waals surface area contributed by atoms with Gasteiger partial charge in [-0.05, 0) is 68.7 Å². The number of anilines is 1. The molecule has 10 heteroatoms. The van der Waals surface area contributed by atoms with Crippen LogP contribution in [0.3, 0.4) is 0 Å². The van der Waals surface area contributed by atoms with E-state index in [1.54, 1.807) is 31.2 Å². The average Bonchev–Trinajstić information content (AvgIpc) is 2.95. The van der Waals surface area contributed by atoms with Crippen LogP contribution in [-0.2, 0) is 26.2 Å². The zero-order valence-electron chi connectivity index (χ0n) is 23.4. The quantitative estimate of drug-likeness (QED) is 0.316. The van der Waals surface area contributed by atoms with Gasteiger partial charge in [-0.2, -0.15) is 0 Å². The molecule has 0 bridgehead atoms. The van der Waals surface area contributed by atoms with Gasteiger partial charge in [0.15, 0.2) is 0 Å². The number of rotatable bonds is 12. The smallest absolute Gasteiger partial charge is 0.264 e. The van der Waals surface area contributed by atoms with E-state index in [4.69, 9.17) is 16.3 Å². The Balaban J connectivity index is 2.06. The third-order valence-corrected chi connectivity index (χ3v) is 8.89. The van der Waals surface area contributed by atoms with Crippen LogP contribution in [0.1, 0.15) is 38.3 Å². The molecule has 3 aromatic rings. The monoisotopic (exact) mass is 585 g/mol. The predicted octanol–water partition coefficient (Wildman–Crippen LogP) is 5.18. The molecule has 0 fully saturated rings. The Morgan fingerprint density at radius 1 is 1.00 bits per heavy atom. The molecule has 2 atom stereocenters. The van der Waals surface area contributed by atoms with E-state index >= 15 is 0 Å². The topological polar surface area (TPSA) is 96.0 Å². The number of aryl methyl sites for hydroxylation is 1. The minimum absolute atomic E-state index is 0.0164. The number of methoxy groups -OCH3 is 1. The molecule has 0 aliphatic rings. The van der Waals surface area contributed by atoms with E-state index in [0.717, 1.165) is 21.9 Å². The number of nitrogens with one attached hydrogen (secondary N) is 1. The van der Waals surface area contributed by atoms with Crippen LogP contribution < -0.4 is 14.4 Å². The standard InChI is InChI=1S/C30H36ClN3O5S/c1-6-22(3)32-30(36)23(4)33(19-24-13-11-10-12-21(24)2)29(35)20-34(25-16-17-28(39-5)27(31)18-25)40(37,38)26-14-8-7-9-15-26/h7-18,22-23H,6,19-20H2,1-5H3,(H,32,36)/t22-,23+/m1/s1. The van der Waals surface area contributed by atoms with Crippen molar-refractivity contribution in [3.63, 3.8) is 0 Å². The van der Waals surface area contributed by atoms with Gasteiger partial charge in [0, 0.05) is 12.6 Å². The van der Waals surface area contributed by atoms with Crippen molar-refractivity contribution in [2.45, 2.75) is 57.6 Å². The van der Waals surface area contributed by atoms with Crippen LogP contribution in [0.4, 0.5) is 5.69 Å². The molecule has 0 aliphatic carbocycles. The zero-order chi connectivity index (χ0) is 29.4. The summed E-state index contributed by atoms with van der Waals surface area (Å²) < 4.78 is 34.0. The van der Waals surface area contributed by atoms with E-state index in [-0.39, 0.29) is 34.1 Å². The second-order valence-corrected chi connectivity index (χ2v) is 11.9. The van der Waals surface area contributed by atoms with Crippen molar-refractivity contribution >= 4 is 39.1 Å². The number of halogens is 1. The van der Waals surface area contributed by atoms with Crippen LogP contribution in [-0.4, -0.2) is 50.9 Å². The van der Waals surface area contributed by atoms with Gasteiger partial charge in [0.05, 0.1) is 22.7 Å². The van der Waals surface area contributed by atoms with Crippen LogP contribution in [0.25, 0.3) is 0 Å². The largest absolute Gasteiger partial charge is 0.495 e. The summed E-state index contributed by atoms with van der Waals surface area (Å²) in [6.07, 6.45) is 0.728. The maximum atomic E-state index is 14.0. The number of ether oxygens (including phenoxy) is 1. The molecule has 8 nitrogen and oxygen atoms in total. The van der Waals surface area contributed by atoms with Crippen molar-refractivity contribution in [1.82, 2.24) is 10.2 Å². The van der Waals surface area contributed by atoms with Crippen LogP contribution in [0, 0.1) is 6.92 Å². The summed E-state index contributed by atoms with van der Waals surface area (Å²) in [5.74, 6) is -0.493. The van der Waals surface area contributed by atoms with Crippen LogP contribution in [0.5, 0.6) is 5.75 Å². The first-order valence-electron chi connectivity index (χ1n) is 13.0. The third-order valence-electron chi connectivity index (χ3n) is 6.80. The van der Waals surface area contributed by atoms with Gasteiger partial charge in [-0.15, -0.1) is 0 Å². The Morgan fingerprint density at radius 3 is 2.25 bits per heavy atom. The summed E-state index contributed by atoms with van der Waals surface area (Å²) >= 11 is 6.35. The molecule has 1 N–H and O–H groups in total. The SMILES string of the molecule is CC[C@@H](C)NC(=O)[C@H](C)N(Cc1ccccc1C)C(=O)CN(c1ccc(OC)c(Cl)c1)S(=O)(=O)c1ccccc1. The third kappa shape index (κ3) is 7.34. The fourth-order valence-corrected chi connectivity index (χ4v) is 5.76. The Bertz CT molecular complexity index is 1430. The number of nitrogens with zero attached hydrogens (tertiary/aromatic N) is 2. The summed E-state index contributed by atoms with van der Waals surface area (Å²) in [6, 6.07) is 19.0. The Morgan fingerprint density at radius 2 is 1.65 bits per heavy atom. The molecular weight excluding hydrogens is 550 g/mol. The summed E-state index contributed by atoms with van der Waals surface area (Å²) in [7, 11) is -2.73. The number of carbonyl (C=O) groups excluding carboxylic acids is 2. The van der Waals surface area contributed by atoms with Gasteiger partial charge in [0.2, 0.25) is 11.8 Å². The molecular formula is C30H36ClN3O5S. The molecule has 214 valence electrons. The number of carbonyl (C=O) groups is 2. The number of benzene rings is 3. The average molecular weight is 586 g/mol. The van der Waals surface area contributed by atoms with Gasteiger partial charge in [0.25, 0.3) is 10.0 Å². The summed E-state index contributed by atoms with van der Waals surface area (Å²) in [5, 5.41) is 3.12. The van der Waals surface area contributed by atoms with E-state index in [0.29, 0.717) is 5.75 Å². The van der Waals surface area contributed by atoms with Gasteiger partial charge in [-0.25, -0.2) is 8.42 Å². The first kappa shape index (κ1) is 31.0. The number of hydrogen-bond acceptors (Lipinski definition) is 5. The van der Waals surface area contributed by atoms with Crippen LogP contribution in [0.15, 0.2) is 77.7 Å². The molecule has 0 radical (unpaired) electrons. The van der Waals surface area contributed by atoms with E-state index < -0.39 is 28.5 Å². The molecule has 0 aromatic heterocycles. The normalized spacial score (nSPS) is 12.8. The molecule has 0 saturated carbocycles. The van der Waals surface area contributed by atoms with E-state index in [1.807, 2.05) is 45.0 Å². The van der Waals surface area contributed by atoms with Gasteiger partial charge >= 0.3 is 0 Å². The van der Waals surface area contributed by atoms with Crippen molar-refractivity contribution in [2.75, 3.05) is 18.0 Å². The number of hydrogen-bond donors (Lipinski definition) is 1. The molecule has 0 saturated heterocycles. The van der Waals surface area contributed by atoms with Crippen molar-refractivity contribution < 1.29 is 22.7 Å². The summed E-state index contributed by atoms with van der Waals surface area (Å²) in [4.78, 5) is 28.6. The second kappa shape index (κ2) is 13.7. The molecule has 0 spiro atoms. The molecule has 2 amide bonds. The highest BCUT2D eigenvalue weighted by Crippen LogP contribution is 2.32. The summed E-state index contributed by atoms with van der Waals surface area (Å²) in [6.45, 7) is 7.00. The maximum absolute atomic E-state index is 14.0. The van der Waals surface area contributed by atoms with E-state index in [2.05, 4.69) is 5.32 Å². The lowest BCUT2D eigenvalue weighted by Crippen LogP contribution is -2.52. The lowest BCUT2D eigenvalue weighted by molar-refractivity contribution is -0.139. The van der Waals surface area contributed by atoms with Gasteiger partial charge in [-0.3, -0.25) is 13.9 Å². The minimum atomic E-state index is -4.18. The summed E-state index contributed by atoms with van der Waals surface area (Å²) in [5.41, 5.74) is 1.99. The van der Waals surface area contributed by atoms with Crippen molar-refractivity contribution in [2.24, 2.45) is 0 Å². The van der Waals surface area contributed by atoms with Gasteiger partial charge in [-0.1, -0.05) is 61.0 Å². The van der Waals surface area contributed by atoms with E-state index in [9.17, 15) is 18.0 Å². The lowest BCUT2D eigenvalue weighted by atomic mass is 10.1. The fourth-order valence-electron chi connectivity index (χ4n) is 4.08. The molecule has 0 heterocycles. The second-order valence-electron chi connectivity index (χ2n) is 9.59. The van der Waals surface area contributed by atoms with Crippen molar-refractivity contribution in [3.05, 3.63) is 88.9 Å². The van der Waals surface area contributed by atoms with Crippen molar-refractivity contribution in [1.29, 1.82) is 0 Å². The minimum Gasteiger partial charge on any atom is -0.495 e. The molecule has 0 unspecified atom stereocenters. The van der Waals surface area contributed by atoms with Gasteiger partial charge in [0.1, 0.15) is 18.3 Å². The number of sulfonamides is 1. The maximum Gasteiger partial charge on any atom is 0.264 e. The lowest BCUT2D eigenvalue weighted by Gasteiger charge is -2.33.